The van der Waals surface area contributed by atoms with Crippen LogP contribution >= 0.6 is 0 Å². The summed E-state index contributed by atoms with van der Waals surface area (Å²) in [7, 11) is -3.96. The summed E-state index contributed by atoms with van der Waals surface area (Å²) in [6.07, 6.45) is 12.2. The molecule has 0 aliphatic heterocycles. The Bertz CT molecular complexity index is 552. The van der Waals surface area contributed by atoms with Crippen LogP contribution in [0.2, 0.25) is 0 Å². The Hall–Kier alpha value is -0.870. The SMILES string of the molecule is O=S(=O)(O)C1CCCC2C=C3CCCC=C3C=C21. The molecule has 0 saturated heterocycles. The van der Waals surface area contributed by atoms with Crippen molar-refractivity contribution >= 4 is 10.1 Å². The van der Waals surface area contributed by atoms with Crippen LogP contribution in [0.4, 0.5) is 0 Å². The van der Waals surface area contributed by atoms with Gasteiger partial charge in [-0.2, -0.15) is 8.42 Å². The molecule has 98 valence electrons. The van der Waals surface area contributed by atoms with E-state index >= 15 is 0 Å². The number of allylic oxidation sites excluding steroid dienone is 5. The van der Waals surface area contributed by atoms with Crippen LogP contribution in [0.5, 0.6) is 0 Å². The molecule has 2 unspecified atom stereocenters. The van der Waals surface area contributed by atoms with Crippen molar-refractivity contribution in [1.29, 1.82) is 0 Å². The molecular formula is C14H18O3S. The molecule has 3 aliphatic carbocycles. The predicted molar refractivity (Wildman–Crippen MR) is 70.8 cm³/mol. The van der Waals surface area contributed by atoms with Crippen LogP contribution in [-0.4, -0.2) is 18.2 Å². The third kappa shape index (κ3) is 2.08. The summed E-state index contributed by atoms with van der Waals surface area (Å²) in [6, 6.07) is 0. The third-order valence-corrected chi connectivity index (χ3v) is 5.48. The zero-order valence-electron chi connectivity index (χ0n) is 10.3. The zero-order chi connectivity index (χ0) is 12.8. The summed E-state index contributed by atoms with van der Waals surface area (Å²) in [5.74, 6) is 0.218. The fourth-order valence-electron chi connectivity index (χ4n) is 3.37. The summed E-state index contributed by atoms with van der Waals surface area (Å²) < 4.78 is 32.3. The maximum atomic E-state index is 11.5. The lowest BCUT2D eigenvalue weighted by Gasteiger charge is -2.34. The second kappa shape index (κ2) is 4.35. The first kappa shape index (κ1) is 12.2. The second-order valence-electron chi connectivity index (χ2n) is 5.43. The highest BCUT2D eigenvalue weighted by Gasteiger charge is 2.36. The molecule has 1 N–H and O–H groups in total. The van der Waals surface area contributed by atoms with Gasteiger partial charge in [-0.15, -0.1) is 0 Å². The molecule has 2 atom stereocenters. The van der Waals surface area contributed by atoms with Gasteiger partial charge in [0.25, 0.3) is 10.1 Å². The molecule has 1 saturated carbocycles. The van der Waals surface area contributed by atoms with Crippen LogP contribution in [0.3, 0.4) is 0 Å². The van der Waals surface area contributed by atoms with Crippen LogP contribution in [0.15, 0.2) is 34.9 Å². The lowest BCUT2D eigenvalue weighted by molar-refractivity contribution is 0.439. The van der Waals surface area contributed by atoms with E-state index in [2.05, 4.69) is 12.2 Å². The number of rotatable bonds is 1. The first-order chi connectivity index (χ1) is 8.55. The number of hydrogen-bond donors (Lipinski definition) is 1. The molecule has 18 heavy (non-hydrogen) atoms. The fourth-order valence-corrected chi connectivity index (χ4v) is 4.43. The van der Waals surface area contributed by atoms with Crippen LogP contribution in [0.1, 0.15) is 38.5 Å². The van der Waals surface area contributed by atoms with Gasteiger partial charge in [0.15, 0.2) is 0 Å². The average Bonchev–Trinajstić information content (AvgIpc) is 2.34. The summed E-state index contributed by atoms with van der Waals surface area (Å²) in [5.41, 5.74) is 3.45. The first-order valence-electron chi connectivity index (χ1n) is 6.65. The van der Waals surface area contributed by atoms with E-state index in [1.807, 2.05) is 6.08 Å². The van der Waals surface area contributed by atoms with Crippen molar-refractivity contribution < 1.29 is 13.0 Å². The summed E-state index contributed by atoms with van der Waals surface area (Å²) >= 11 is 0. The quantitative estimate of drug-likeness (QED) is 0.742. The van der Waals surface area contributed by atoms with Crippen molar-refractivity contribution in [2.24, 2.45) is 5.92 Å². The maximum Gasteiger partial charge on any atom is 0.271 e. The molecule has 0 aromatic heterocycles. The highest BCUT2D eigenvalue weighted by molar-refractivity contribution is 7.86. The lowest BCUT2D eigenvalue weighted by atomic mass is 9.75. The van der Waals surface area contributed by atoms with E-state index in [4.69, 9.17) is 0 Å². The van der Waals surface area contributed by atoms with Crippen LogP contribution < -0.4 is 0 Å². The van der Waals surface area contributed by atoms with E-state index in [1.54, 1.807) is 0 Å². The Morgan fingerprint density at radius 3 is 2.83 bits per heavy atom. The molecule has 0 heterocycles. The van der Waals surface area contributed by atoms with Gasteiger partial charge in [-0.25, -0.2) is 0 Å². The molecule has 4 heteroatoms. The standard InChI is InChI=1S/C14H18O3S/c15-18(16,17)14-7-3-6-12-8-10-4-1-2-5-11(10)9-13(12)14/h5,8-9,12,14H,1-4,6-7H2,(H,15,16,17). The topological polar surface area (TPSA) is 54.4 Å². The average molecular weight is 266 g/mol. The van der Waals surface area contributed by atoms with Gasteiger partial charge < -0.3 is 0 Å². The van der Waals surface area contributed by atoms with Gasteiger partial charge in [0.1, 0.15) is 5.25 Å². The fraction of sp³-hybridized carbons (Fsp3) is 0.571. The zero-order valence-corrected chi connectivity index (χ0v) is 11.1. The van der Waals surface area contributed by atoms with Gasteiger partial charge in [-0.3, -0.25) is 4.55 Å². The van der Waals surface area contributed by atoms with Gasteiger partial charge in [0, 0.05) is 0 Å². The first-order valence-corrected chi connectivity index (χ1v) is 8.15. The highest BCUT2D eigenvalue weighted by atomic mass is 32.2. The van der Waals surface area contributed by atoms with Crippen molar-refractivity contribution in [3.8, 4) is 0 Å². The van der Waals surface area contributed by atoms with Crippen LogP contribution in [0.25, 0.3) is 0 Å². The molecule has 0 spiro atoms. The van der Waals surface area contributed by atoms with Crippen LogP contribution in [-0.2, 0) is 10.1 Å². The molecule has 3 nitrogen and oxygen atoms in total. The Morgan fingerprint density at radius 1 is 1.22 bits per heavy atom. The normalized spacial score (nSPS) is 31.7. The van der Waals surface area contributed by atoms with Gasteiger partial charge in [0.2, 0.25) is 0 Å². The van der Waals surface area contributed by atoms with Crippen molar-refractivity contribution in [2.45, 2.75) is 43.8 Å². The van der Waals surface area contributed by atoms with E-state index in [9.17, 15) is 13.0 Å². The highest BCUT2D eigenvalue weighted by Crippen LogP contribution is 2.42. The smallest absolute Gasteiger partial charge is 0.271 e. The van der Waals surface area contributed by atoms with Crippen molar-refractivity contribution in [2.75, 3.05) is 0 Å². The minimum absolute atomic E-state index is 0.218. The molecular weight excluding hydrogens is 248 g/mol. The Labute approximate surface area is 108 Å². The Kier molecular flexibility index (Phi) is 2.94. The molecule has 0 aromatic rings. The maximum absolute atomic E-state index is 11.5. The largest absolute Gasteiger partial charge is 0.285 e. The van der Waals surface area contributed by atoms with Crippen LogP contribution in [0, 0.1) is 5.92 Å². The van der Waals surface area contributed by atoms with Crippen molar-refractivity contribution in [1.82, 2.24) is 0 Å². The van der Waals surface area contributed by atoms with Crippen molar-refractivity contribution in [3.05, 3.63) is 34.9 Å². The molecule has 0 bridgehead atoms. The number of fused-ring (bicyclic) bond motifs is 2. The van der Waals surface area contributed by atoms with E-state index in [-0.39, 0.29) is 5.92 Å². The van der Waals surface area contributed by atoms with Gasteiger partial charge in [-0.05, 0) is 54.7 Å². The third-order valence-electron chi connectivity index (χ3n) is 4.25. The summed E-state index contributed by atoms with van der Waals surface area (Å²) in [5, 5.41) is -0.683. The van der Waals surface area contributed by atoms with E-state index in [0.29, 0.717) is 6.42 Å². The molecule has 3 aliphatic rings. The van der Waals surface area contributed by atoms with Gasteiger partial charge in [0.05, 0.1) is 0 Å². The van der Waals surface area contributed by atoms with E-state index in [1.165, 1.54) is 17.6 Å². The monoisotopic (exact) mass is 266 g/mol. The molecule has 0 amide bonds. The Balaban J connectivity index is 2.02. The lowest BCUT2D eigenvalue weighted by Crippen LogP contribution is -2.31. The summed E-state index contributed by atoms with van der Waals surface area (Å²) in [6.45, 7) is 0. The molecule has 3 rings (SSSR count). The van der Waals surface area contributed by atoms with Gasteiger partial charge >= 0.3 is 0 Å². The van der Waals surface area contributed by atoms with E-state index < -0.39 is 15.4 Å². The number of hydrogen-bond acceptors (Lipinski definition) is 2. The van der Waals surface area contributed by atoms with Crippen molar-refractivity contribution in [3.63, 3.8) is 0 Å². The minimum atomic E-state index is -3.96. The summed E-state index contributed by atoms with van der Waals surface area (Å²) in [4.78, 5) is 0. The van der Waals surface area contributed by atoms with Gasteiger partial charge in [-0.1, -0.05) is 24.6 Å². The predicted octanol–water partition coefficient (Wildman–Crippen LogP) is 3.02. The van der Waals surface area contributed by atoms with E-state index in [0.717, 1.165) is 31.3 Å². The molecule has 0 aromatic carbocycles. The molecule has 0 radical (unpaired) electrons. The second-order valence-corrected chi connectivity index (χ2v) is 7.03. The Morgan fingerprint density at radius 2 is 2.06 bits per heavy atom. The molecule has 1 fully saturated rings. The minimum Gasteiger partial charge on any atom is -0.285 e.